The van der Waals surface area contributed by atoms with E-state index in [1.54, 1.807) is 0 Å². The van der Waals surface area contributed by atoms with E-state index in [0.717, 1.165) is 10.7 Å². The zero-order chi connectivity index (χ0) is 19.9. The highest BCUT2D eigenvalue weighted by molar-refractivity contribution is 7.89. The molecule has 154 valence electrons. The van der Waals surface area contributed by atoms with Crippen LogP contribution in [0.1, 0.15) is 27.2 Å². The lowest BCUT2D eigenvalue weighted by Crippen LogP contribution is -2.46. The van der Waals surface area contributed by atoms with Crippen LogP contribution in [-0.4, -0.2) is 50.7 Å². The van der Waals surface area contributed by atoms with Crippen LogP contribution in [0.3, 0.4) is 0 Å². The van der Waals surface area contributed by atoms with Crippen molar-refractivity contribution in [1.29, 1.82) is 0 Å². The summed E-state index contributed by atoms with van der Waals surface area (Å²) >= 11 is 0. The Balaban J connectivity index is 0.00000676. The van der Waals surface area contributed by atoms with Crippen LogP contribution in [0.15, 0.2) is 29.2 Å². The highest BCUT2D eigenvalue weighted by Crippen LogP contribution is 2.17. The molecule has 0 bridgehead atoms. The Morgan fingerprint density at radius 3 is 2.19 bits per heavy atom. The van der Waals surface area contributed by atoms with Gasteiger partial charge in [-0.2, -0.15) is 4.31 Å². The van der Waals surface area contributed by atoms with Gasteiger partial charge in [0.1, 0.15) is 0 Å². The number of rotatable bonds is 9. The van der Waals surface area contributed by atoms with Crippen LogP contribution in [0, 0.1) is 5.92 Å². The SMILES string of the molecule is CC(=O)Nc1ccc(S(=O)(=O)N(C)CC(=O)NC(CN)CC(C)C)cc1.Cl. The largest absolute Gasteiger partial charge is 0.351 e. The summed E-state index contributed by atoms with van der Waals surface area (Å²) in [6.07, 6.45) is 0.726. The highest BCUT2D eigenvalue weighted by atomic mass is 35.5. The lowest BCUT2D eigenvalue weighted by Gasteiger charge is -2.21. The van der Waals surface area contributed by atoms with E-state index in [1.807, 2.05) is 13.8 Å². The van der Waals surface area contributed by atoms with Gasteiger partial charge < -0.3 is 16.4 Å². The minimum absolute atomic E-state index is 0. The molecule has 0 heterocycles. The predicted octanol–water partition coefficient (Wildman–Crippen LogP) is 1.18. The van der Waals surface area contributed by atoms with E-state index in [9.17, 15) is 18.0 Å². The van der Waals surface area contributed by atoms with Crippen LogP contribution in [0.2, 0.25) is 0 Å². The van der Waals surface area contributed by atoms with Crippen LogP contribution in [0.25, 0.3) is 0 Å². The van der Waals surface area contributed by atoms with Crippen molar-refractivity contribution in [3.8, 4) is 0 Å². The maximum Gasteiger partial charge on any atom is 0.243 e. The van der Waals surface area contributed by atoms with E-state index in [0.29, 0.717) is 18.2 Å². The monoisotopic (exact) mass is 420 g/mol. The Kier molecular flexibility index (Phi) is 10.5. The number of anilines is 1. The van der Waals surface area contributed by atoms with Crippen molar-refractivity contribution < 1.29 is 18.0 Å². The predicted molar refractivity (Wildman–Crippen MR) is 108 cm³/mol. The fourth-order valence-electron chi connectivity index (χ4n) is 2.44. The van der Waals surface area contributed by atoms with Crippen LogP contribution in [-0.2, 0) is 19.6 Å². The summed E-state index contributed by atoms with van der Waals surface area (Å²) < 4.78 is 26.1. The number of benzene rings is 1. The second kappa shape index (κ2) is 11.2. The van der Waals surface area contributed by atoms with Crippen LogP contribution in [0.5, 0.6) is 0 Å². The molecule has 0 spiro atoms. The van der Waals surface area contributed by atoms with Crippen molar-refractivity contribution in [3.63, 3.8) is 0 Å². The van der Waals surface area contributed by atoms with Crippen molar-refractivity contribution in [3.05, 3.63) is 24.3 Å². The number of carbonyl (C=O) groups is 2. The second-order valence-corrected chi connectivity index (χ2v) is 8.64. The van der Waals surface area contributed by atoms with E-state index in [-0.39, 0.29) is 35.8 Å². The molecule has 0 aliphatic rings. The molecule has 27 heavy (non-hydrogen) atoms. The van der Waals surface area contributed by atoms with Crippen molar-refractivity contribution >= 4 is 39.9 Å². The van der Waals surface area contributed by atoms with Crippen molar-refractivity contribution in [2.24, 2.45) is 11.7 Å². The minimum atomic E-state index is -3.82. The molecule has 1 aromatic rings. The van der Waals surface area contributed by atoms with Crippen molar-refractivity contribution in [2.45, 2.75) is 38.1 Å². The number of carbonyl (C=O) groups excluding carboxylic acids is 2. The number of likely N-dealkylation sites (N-methyl/N-ethyl adjacent to an activating group) is 1. The van der Waals surface area contributed by atoms with Gasteiger partial charge in [0.2, 0.25) is 21.8 Å². The van der Waals surface area contributed by atoms with Gasteiger partial charge in [0.15, 0.2) is 0 Å². The summed E-state index contributed by atoms with van der Waals surface area (Å²) in [6.45, 7) is 5.41. The average Bonchev–Trinajstić information content (AvgIpc) is 2.53. The summed E-state index contributed by atoms with van der Waals surface area (Å²) in [5.74, 6) is -0.278. The molecule has 2 amide bonds. The Labute approximate surface area is 167 Å². The number of sulfonamides is 1. The molecule has 1 rings (SSSR count). The Morgan fingerprint density at radius 2 is 1.74 bits per heavy atom. The number of nitrogens with one attached hydrogen (secondary N) is 2. The fourth-order valence-corrected chi connectivity index (χ4v) is 3.56. The number of nitrogens with zero attached hydrogens (tertiary/aromatic N) is 1. The standard InChI is InChI=1S/C17H28N4O4S.ClH/c1-12(2)9-15(10-18)20-17(23)11-21(4)26(24,25)16-7-5-14(6-8-16)19-13(3)22;/h5-8,12,15H,9-11,18H2,1-4H3,(H,19,22)(H,20,23);1H. The second-order valence-electron chi connectivity index (χ2n) is 6.60. The third-order valence-corrected chi connectivity index (χ3v) is 5.47. The summed E-state index contributed by atoms with van der Waals surface area (Å²) in [5.41, 5.74) is 6.15. The number of nitrogens with two attached hydrogens (primary N) is 1. The molecule has 0 radical (unpaired) electrons. The maximum absolute atomic E-state index is 12.6. The zero-order valence-electron chi connectivity index (χ0n) is 16.1. The molecule has 0 saturated carbocycles. The maximum atomic E-state index is 12.6. The van der Waals surface area contributed by atoms with Gasteiger partial charge >= 0.3 is 0 Å². The fraction of sp³-hybridized carbons (Fsp3) is 0.529. The van der Waals surface area contributed by atoms with Crippen molar-refractivity contribution in [1.82, 2.24) is 9.62 Å². The first kappa shape index (κ1) is 25.3. The van der Waals surface area contributed by atoms with E-state index in [2.05, 4.69) is 10.6 Å². The van der Waals surface area contributed by atoms with Gasteiger partial charge in [-0.25, -0.2) is 8.42 Å². The summed E-state index contributed by atoms with van der Waals surface area (Å²) in [6, 6.07) is 5.58. The van der Waals surface area contributed by atoms with E-state index in [1.165, 1.54) is 38.2 Å². The van der Waals surface area contributed by atoms with Crippen LogP contribution >= 0.6 is 12.4 Å². The molecule has 1 aromatic carbocycles. The normalized spacial score (nSPS) is 12.4. The molecule has 0 aromatic heterocycles. The van der Waals surface area contributed by atoms with Crippen LogP contribution < -0.4 is 16.4 Å². The van der Waals surface area contributed by atoms with Gasteiger partial charge in [-0.05, 0) is 36.6 Å². The molecular weight excluding hydrogens is 392 g/mol. The molecule has 0 aliphatic carbocycles. The molecule has 0 saturated heterocycles. The first-order valence-electron chi connectivity index (χ1n) is 8.39. The number of hydrogen-bond donors (Lipinski definition) is 3. The number of halogens is 1. The highest BCUT2D eigenvalue weighted by Gasteiger charge is 2.24. The van der Waals surface area contributed by atoms with Gasteiger partial charge in [0, 0.05) is 32.2 Å². The molecule has 8 nitrogen and oxygen atoms in total. The van der Waals surface area contributed by atoms with Gasteiger partial charge in [-0.3, -0.25) is 9.59 Å². The van der Waals surface area contributed by atoms with Gasteiger partial charge in [0.05, 0.1) is 11.4 Å². The minimum Gasteiger partial charge on any atom is -0.351 e. The average molecular weight is 421 g/mol. The summed E-state index contributed by atoms with van der Waals surface area (Å²) in [5, 5.41) is 5.33. The summed E-state index contributed by atoms with van der Waals surface area (Å²) in [7, 11) is -2.47. The van der Waals surface area contributed by atoms with Crippen LogP contribution in [0.4, 0.5) is 5.69 Å². The zero-order valence-corrected chi connectivity index (χ0v) is 17.7. The third kappa shape index (κ3) is 8.25. The number of hydrogen-bond acceptors (Lipinski definition) is 5. The van der Waals surface area contributed by atoms with E-state index in [4.69, 9.17) is 5.73 Å². The first-order valence-corrected chi connectivity index (χ1v) is 9.83. The molecule has 1 atom stereocenters. The van der Waals surface area contributed by atoms with E-state index >= 15 is 0 Å². The summed E-state index contributed by atoms with van der Waals surface area (Å²) in [4.78, 5) is 23.2. The molecule has 1 unspecified atom stereocenters. The van der Waals surface area contributed by atoms with Crippen molar-refractivity contribution in [2.75, 3.05) is 25.5 Å². The van der Waals surface area contributed by atoms with Gasteiger partial charge in [-0.15, -0.1) is 12.4 Å². The Morgan fingerprint density at radius 1 is 1.19 bits per heavy atom. The number of amides is 2. The molecule has 0 aliphatic heterocycles. The van der Waals surface area contributed by atoms with Gasteiger partial charge in [-0.1, -0.05) is 13.8 Å². The lowest BCUT2D eigenvalue weighted by atomic mass is 10.0. The lowest BCUT2D eigenvalue weighted by molar-refractivity contribution is -0.121. The van der Waals surface area contributed by atoms with E-state index < -0.39 is 15.9 Å². The third-order valence-electron chi connectivity index (χ3n) is 3.65. The quantitative estimate of drug-likeness (QED) is 0.553. The first-order chi connectivity index (χ1) is 12.1. The smallest absolute Gasteiger partial charge is 0.243 e. The molecular formula is C17H29ClN4O4S. The van der Waals surface area contributed by atoms with Gasteiger partial charge in [0.25, 0.3) is 0 Å². The molecule has 0 fully saturated rings. The Bertz CT molecular complexity index is 723. The molecule has 4 N–H and O–H groups in total. The molecule has 10 heteroatoms. The topological polar surface area (TPSA) is 122 Å². The Hall–Kier alpha value is -1.68.